The summed E-state index contributed by atoms with van der Waals surface area (Å²) in [5.74, 6) is -1.95. The molecule has 0 saturated carbocycles. The first-order chi connectivity index (χ1) is 11.0. The Kier molecular flexibility index (Phi) is 3.54. The molecule has 0 saturated heterocycles. The normalized spacial score (nSPS) is 10.7. The lowest BCUT2D eigenvalue weighted by atomic mass is 10.00. The van der Waals surface area contributed by atoms with Crippen molar-refractivity contribution >= 4 is 16.8 Å². The molecule has 0 aliphatic rings. The van der Waals surface area contributed by atoms with E-state index in [9.17, 15) is 13.6 Å². The van der Waals surface area contributed by atoms with Crippen molar-refractivity contribution in [1.82, 2.24) is 4.98 Å². The van der Waals surface area contributed by atoms with Gasteiger partial charge in [0, 0.05) is 23.4 Å². The number of rotatable bonds is 3. The fourth-order valence-corrected chi connectivity index (χ4v) is 2.53. The molecule has 23 heavy (non-hydrogen) atoms. The van der Waals surface area contributed by atoms with Crippen molar-refractivity contribution in [2.75, 3.05) is 0 Å². The standard InChI is InChI=1S/C17H11F2N3O/c18-13-2-1-10(14(19)7-13)5-11-3-9(8-20)4-12-6-15(17(21)23)22-16(11)12/h1-4,6-7,22H,5H2,(H2,21,23). The highest BCUT2D eigenvalue weighted by Gasteiger charge is 2.13. The van der Waals surface area contributed by atoms with Crippen LogP contribution in [0.15, 0.2) is 36.4 Å². The summed E-state index contributed by atoms with van der Waals surface area (Å²) < 4.78 is 26.9. The lowest BCUT2D eigenvalue weighted by molar-refractivity contribution is 0.0996. The van der Waals surface area contributed by atoms with Crippen LogP contribution in [0.5, 0.6) is 0 Å². The van der Waals surface area contributed by atoms with Crippen LogP contribution in [0.2, 0.25) is 0 Å². The number of nitrogens with zero attached hydrogens (tertiary/aromatic N) is 1. The summed E-state index contributed by atoms with van der Waals surface area (Å²) in [5, 5.41) is 9.75. The van der Waals surface area contributed by atoms with E-state index in [2.05, 4.69) is 4.98 Å². The summed E-state index contributed by atoms with van der Waals surface area (Å²) in [5.41, 5.74) is 7.35. The van der Waals surface area contributed by atoms with Gasteiger partial charge < -0.3 is 10.7 Å². The van der Waals surface area contributed by atoms with Gasteiger partial charge in [0.15, 0.2) is 0 Å². The molecule has 6 heteroatoms. The van der Waals surface area contributed by atoms with Gasteiger partial charge in [-0.15, -0.1) is 0 Å². The number of primary amides is 1. The first-order valence-electron chi connectivity index (χ1n) is 6.77. The number of aromatic amines is 1. The zero-order chi connectivity index (χ0) is 16.6. The third-order valence-corrected chi connectivity index (χ3v) is 3.60. The van der Waals surface area contributed by atoms with Crippen molar-refractivity contribution in [1.29, 1.82) is 5.26 Å². The molecule has 0 fully saturated rings. The summed E-state index contributed by atoms with van der Waals surface area (Å²) in [4.78, 5) is 14.2. The molecule has 0 atom stereocenters. The smallest absolute Gasteiger partial charge is 0.265 e. The third-order valence-electron chi connectivity index (χ3n) is 3.60. The molecule has 0 aliphatic carbocycles. The second kappa shape index (κ2) is 5.54. The van der Waals surface area contributed by atoms with Crippen LogP contribution in [-0.2, 0) is 6.42 Å². The van der Waals surface area contributed by atoms with Gasteiger partial charge in [-0.05, 0) is 35.4 Å². The zero-order valence-electron chi connectivity index (χ0n) is 11.9. The van der Waals surface area contributed by atoms with Crippen molar-refractivity contribution in [2.45, 2.75) is 6.42 Å². The van der Waals surface area contributed by atoms with Gasteiger partial charge in [0.2, 0.25) is 0 Å². The molecule has 3 aromatic rings. The molecule has 3 N–H and O–H groups in total. The molecule has 0 spiro atoms. The van der Waals surface area contributed by atoms with E-state index >= 15 is 0 Å². The Balaban J connectivity index is 2.15. The maximum Gasteiger partial charge on any atom is 0.265 e. The van der Waals surface area contributed by atoms with Crippen molar-refractivity contribution in [2.24, 2.45) is 5.73 Å². The van der Waals surface area contributed by atoms with Crippen LogP contribution in [0.25, 0.3) is 10.9 Å². The van der Waals surface area contributed by atoms with Gasteiger partial charge in [-0.3, -0.25) is 4.79 Å². The fourth-order valence-electron chi connectivity index (χ4n) is 2.53. The number of benzene rings is 2. The van der Waals surface area contributed by atoms with E-state index in [1.807, 2.05) is 6.07 Å². The van der Waals surface area contributed by atoms with Crippen LogP contribution in [0.1, 0.15) is 27.2 Å². The van der Waals surface area contributed by atoms with Gasteiger partial charge in [0.1, 0.15) is 17.3 Å². The van der Waals surface area contributed by atoms with E-state index in [-0.39, 0.29) is 17.7 Å². The van der Waals surface area contributed by atoms with Crippen molar-refractivity contribution in [3.8, 4) is 6.07 Å². The van der Waals surface area contributed by atoms with Crippen molar-refractivity contribution in [3.63, 3.8) is 0 Å². The number of H-pyrrole nitrogens is 1. The van der Waals surface area contributed by atoms with Gasteiger partial charge in [-0.2, -0.15) is 5.26 Å². The highest BCUT2D eigenvalue weighted by Crippen LogP contribution is 2.25. The van der Waals surface area contributed by atoms with Gasteiger partial charge in [0.05, 0.1) is 11.6 Å². The van der Waals surface area contributed by atoms with Gasteiger partial charge in [0.25, 0.3) is 5.91 Å². The molecule has 4 nitrogen and oxygen atoms in total. The average Bonchev–Trinajstić information content (AvgIpc) is 2.94. The minimum atomic E-state index is -0.665. The summed E-state index contributed by atoms with van der Waals surface area (Å²) in [6, 6.07) is 10.1. The molecule has 1 amide bonds. The Hall–Kier alpha value is -3.20. The van der Waals surface area contributed by atoms with Crippen molar-refractivity contribution in [3.05, 3.63) is 70.4 Å². The molecule has 3 rings (SSSR count). The van der Waals surface area contributed by atoms with E-state index in [1.54, 1.807) is 18.2 Å². The number of amides is 1. The minimum absolute atomic E-state index is 0.150. The van der Waals surface area contributed by atoms with Gasteiger partial charge in [-0.25, -0.2) is 8.78 Å². The van der Waals surface area contributed by atoms with Gasteiger partial charge >= 0.3 is 0 Å². The Morgan fingerprint density at radius 2 is 1.96 bits per heavy atom. The van der Waals surface area contributed by atoms with Crippen LogP contribution >= 0.6 is 0 Å². The summed E-state index contributed by atoms with van der Waals surface area (Å²) in [7, 11) is 0. The van der Waals surface area contributed by atoms with E-state index in [1.165, 1.54) is 12.1 Å². The number of fused-ring (bicyclic) bond motifs is 1. The molecule has 2 aromatic carbocycles. The van der Waals surface area contributed by atoms with E-state index in [4.69, 9.17) is 11.0 Å². The second-order valence-electron chi connectivity index (χ2n) is 5.17. The quantitative estimate of drug-likeness (QED) is 0.779. The van der Waals surface area contributed by atoms with Crippen molar-refractivity contribution < 1.29 is 13.6 Å². The largest absolute Gasteiger partial charge is 0.364 e. The highest BCUT2D eigenvalue weighted by molar-refractivity contribution is 5.98. The fraction of sp³-hybridized carbons (Fsp3) is 0.0588. The lowest BCUT2D eigenvalue weighted by Crippen LogP contribution is -2.10. The molecule has 114 valence electrons. The number of nitriles is 1. The molecule has 1 heterocycles. The summed E-state index contributed by atoms with van der Waals surface area (Å²) in [6.45, 7) is 0. The lowest BCUT2D eigenvalue weighted by Gasteiger charge is -2.06. The van der Waals surface area contributed by atoms with Crippen LogP contribution in [0.4, 0.5) is 8.78 Å². The van der Waals surface area contributed by atoms with E-state index < -0.39 is 17.5 Å². The monoisotopic (exact) mass is 311 g/mol. The average molecular weight is 311 g/mol. The van der Waals surface area contributed by atoms with E-state index in [0.29, 0.717) is 22.0 Å². The maximum atomic E-state index is 13.9. The molecule has 0 bridgehead atoms. The molecular weight excluding hydrogens is 300 g/mol. The third kappa shape index (κ3) is 2.77. The molecule has 0 unspecified atom stereocenters. The number of hydrogen-bond donors (Lipinski definition) is 2. The minimum Gasteiger partial charge on any atom is -0.364 e. The molecular formula is C17H11F2N3O. The van der Waals surface area contributed by atoms with E-state index in [0.717, 1.165) is 6.07 Å². The maximum absolute atomic E-state index is 13.9. The number of nitrogens with two attached hydrogens (primary N) is 1. The number of nitrogens with one attached hydrogen (secondary N) is 1. The predicted octanol–water partition coefficient (Wildman–Crippen LogP) is 3.01. The molecule has 0 radical (unpaired) electrons. The number of carbonyl (C=O) groups excluding carboxylic acids is 1. The summed E-state index contributed by atoms with van der Waals surface area (Å²) >= 11 is 0. The molecule has 1 aromatic heterocycles. The number of aromatic nitrogens is 1. The van der Waals surface area contributed by atoms with Crippen LogP contribution in [0.3, 0.4) is 0 Å². The zero-order valence-corrected chi connectivity index (χ0v) is 11.9. The first kappa shape index (κ1) is 14.7. The molecule has 0 aliphatic heterocycles. The Morgan fingerprint density at radius 1 is 1.17 bits per heavy atom. The topological polar surface area (TPSA) is 82.7 Å². The highest BCUT2D eigenvalue weighted by atomic mass is 19.1. The van der Waals surface area contributed by atoms with Crippen LogP contribution in [0, 0.1) is 23.0 Å². The number of carbonyl (C=O) groups is 1. The SMILES string of the molecule is N#Cc1cc(Cc2ccc(F)cc2F)c2[nH]c(C(N)=O)cc2c1. The van der Waals surface area contributed by atoms with Crippen LogP contribution in [-0.4, -0.2) is 10.9 Å². The second-order valence-corrected chi connectivity index (χ2v) is 5.17. The predicted molar refractivity (Wildman–Crippen MR) is 80.7 cm³/mol. The first-order valence-corrected chi connectivity index (χ1v) is 6.77. The Bertz CT molecular complexity index is 970. The number of halogens is 2. The Morgan fingerprint density at radius 3 is 2.61 bits per heavy atom. The summed E-state index contributed by atoms with van der Waals surface area (Å²) in [6.07, 6.45) is 0.150. The van der Waals surface area contributed by atoms with Crippen LogP contribution < -0.4 is 5.73 Å². The number of hydrogen-bond acceptors (Lipinski definition) is 2. The van der Waals surface area contributed by atoms with Gasteiger partial charge in [-0.1, -0.05) is 6.07 Å². The Labute approximate surface area is 130 Å².